The Kier molecular flexibility index (Phi) is 8.01. The minimum absolute atomic E-state index is 0.141. The van der Waals surface area contributed by atoms with Crippen molar-refractivity contribution in [2.75, 3.05) is 26.7 Å². The van der Waals surface area contributed by atoms with E-state index in [0.717, 1.165) is 12.1 Å². The van der Waals surface area contributed by atoms with Gasteiger partial charge in [-0.3, -0.25) is 4.79 Å². The number of likely N-dealkylation sites (N-methyl/N-ethyl adjacent to an activating group) is 1. The van der Waals surface area contributed by atoms with Gasteiger partial charge in [0.25, 0.3) is 0 Å². The quantitative estimate of drug-likeness (QED) is 0.656. The monoisotopic (exact) mass is 293 g/mol. The molecule has 1 aromatic carbocycles. The van der Waals surface area contributed by atoms with Crippen LogP contribution in [0.2, 0.25) is 0 Å². The molecule has 1 aromatic rings. The minimum Gasteiger partial charge on any atom is -0.461 e. The van der Waals surface area contributed by atoms with Gasteiger partial charge in [-0.2, -0.15) is 0 Å². The molecule has 1 unspecified atom stereocenters. The third kappa shape index (κ3) is 7.83. The minimum atomic E-state index is -0.157. The van der Waals surface area contributed by atoms with Gasteiger partial charge in [-0.05, 0) is 26.5 Å². The maximum atomic E-state index is 12.0. The molecular formula is C17H27NO3. The van der Waals surface area contributed by atoms with Crippen molar-refractivity contribution in [3.05, 3.63) is 35.9 Å². The summed E-state index contributed by atoms with van der Waals surface area (Å²) in [6, 6.07) is 9.73. The molecule has 1 atom stereocenters. The Bertz CT molecular complexity index is 406. The second-order valence-corrected chi connectivity index (χ2v) is 5.68. The number of hydrogen-bond acceptors (Lipinski definition) is 4. The standard InChI is InChI=1S/C17H27NO3/c1-14(2)20-11-10-18(4)12-15(3)17(19)21-13-16-8-6-5-7-9-16/h5-9,14-15H,10-13H2,1-4H3. The molecule has 0 saturated heterocycles. The molecule has 0 aliphatic carbocycles. The SMILES string of the molecule is CC(C)OCCN(C)CC(C)C(=O)OCc1ccccc1. The van der Waals surface area contributed by atoms with Crippen LogP contribution in [0.1, 0.15) is 26.3 Å². The van der Waals surface area contributed by atoms with Crippen molar-refractivity contribution in [2.24, 2.45) is 5.92 Å². The lowest BCUT2D eigenvalue weighted by atomic mass is 10.1. The van der Waals surface area contributed by atoms with Gasteiger partial charge < -0.3 is 14.4 Å². The van der Waals surface area contributed by atoms with Crippen molar-refractivity contribution < 1.29 is 14.3 Å². The summed E-state index contributed by atoms with van der Waals surface area (Å²) in [6.45, 7) is 8.44. The highest BCUT2D eigenvalue weighted by Crippen LogP contribution is 2.06. The van der Waals surface area contributed by atoms with Gasteiger partial charge in [-0.25, -0.2) is 0 Å². The number of carbonyl (C=O) groups is 1. The van der Waals surface area contributed by atoms with Crippen molar-refractivity contribution in [1.29, 1.82) is 0 Å². The zero-order valence-electron chi connectivity index (χ0n) is 13.5. The van der Waals surface area contributed by atoms with E-state index >= 15 is 0 Å². The summed E-state index contributed by atoms with van der Waals surface area (Å²) in [5.41, 5.74) is 1.01. The third-order valence-corrected chi connectivity index (χ3v) is 3.14. The van der Waals surface area contributed by atoms with Crippen molar-refractivity contribution in [3.8, 4) is 0 Å². The lowest BCUT2D eigenvalue weighted by Crippen LogP contribution is -2.32. The van der Waals surface area contributed by atoms with Crippen LogP contribution in [-0.2, 0) is 20.9 Å². The fraction of sp³-hybridized carbons (Fsp3) is 0.588. The van der Waals surface area contributed by atoms with E-state index < -0.39 is 0 Å². The van der Waals surface area contributed by atoms with Crippen LogP contribution >= 0.6 is 0 Å². The summed E-state index contributed by atoms with van der Waals surface area (Å²) in [5.74, 6) is -0.298. The first-order valence-corrected chi connectivity index (χ1v) is 7.49. The van der Waals surface area contributed by atoms with Gasteiger partial charge in [0.05, 0.1) is 18.6 Å². The second-order valence-electron chi connectivity index (χ2n) is 5.68. The summed E-state index contributed by atoms with van der Waals surface area (Å²) < 4.78 is 10.8. The molecule has 4 heteroatoms. The Labute approximate surface area is 128 Å². The fourth-order valence-corrected chi connectivity index (χ4v) is 1.95. The van der Waals surface area contributed by atoms with Crippen LogP contribution in [0.5, 0.6) is 0 Å². The van der Waals surface area contributed by atoms with Crippen molar-refractivity contribution >= 4 is 5.97 Å². The average Bonchev–Trinajstić information content (AvgIpc) is 2.45. The Morgan fingerprint density at radius 1 is 1.19 bits per heavy atom. The summed E-state index contributed by atoms with van der Waals surface area (Å²) in [7, 11) is 1.99. The Balaban J connectivity index is 2.24. The molecule has 21 heavy (non-hydrogen) atoms. The Hall–Kier alpha value is -1.39. The predicted molar refractivity (Wildman–Crippen MR) is 84.0 cm³/mol. The van der Waals surface area contributed by atoms with Gasteiger partial charge in [0.2, 0.25) is 0 Å². The molecule has 4 nitrogen and oxygen atoms in total. The van der Waals surface area contributed by atoms with E-state index in [1.165, 1.54) is 0 Å². The van der Waals surface area contributed by atoms with Crippen LogP contribution in [0, 0.1) is 5.92 Å². The lowest BCUT2D eigenvalue weighted by molar-refractivity contribution is -0.149. The zero-order valence-corrected chi connectivity index (χ0v) is 13.5. The van der Waals surface area contributed by atoms with Crippen LogP contribution < -0.4 is 0 Å². The van der Waals surface area contributed by atoms with Crippen LogP contribution in [0.3, 0.4) is 0 Å². The van der Waals surface area contributed by atoms with Gasteiger partial charge >= 0.3 is 5.97 Å². The number of esters is 1. The van der Waals surface area contributed by atoms with Gasteiger partial charge in [0.1, 0.15) is 6.61 Å². The largest absolute Gasteiger partial charge is 0.461 e. The molecule has 0 radical (unpaired) electrons. The highest BCUT2D eigenvalue weighted by atomic mass is 16.5. The summed E-state index contributed by atoms with van der Waals surface area (Å²) in [4.78, 5) is 14.0. The van der Waals surface area contributed by atoms with Crippen LogP contribution in [0.25, 0.3) is 0 Å². The molecule has 0 aliphatic rings. The summed E-state index contributed by atoms with van der Waals surface area (Å²) in [5, 5.41) is 0. The van der Waals surface area contributed by atoms with Crippen molar-refractivity contribution in [1.82, 2.24) is 4.90 Å². The van der Waals surface area contributed by atoms with E-state index in [0.29, 0.717) is 19.8 Å². The summed E-state index contributed by atoms with van der Waals surface area (Å²) in [6.07, 6.45) is 0.242. The second kappa shape index (κ2) is 9.53. The molecule has 0 aromatic heterocycles. The van der Waals surface area contributed by atoms with Gasteiger partial charge in [-0.15, -0.1) is 0 Å². The topological polar surface area (TPSA) is 38.8 Å². The number of rotatable bonds is 9. The van der Waals surface area contributed by atoms with Gasteiger partial charge in [-0.1, -0.05) is 37.3 Å². The fourth-order valence-electron chi connectivity index (χ4n) is 1.95. The first-order chi connectivity index (χ1) is 9.99. The molecule has 0 bridgehead atoms. The van der Waals surface area contributed by atoms with Gasteiger partial charge in [0, 0.05) is 13.1 Å². The molecule has 0 amide bonds. The number of ether oxygens (including phenoxy) is 2. The van der Waals surface area contributed by atoms with E-state index in [1.54, 1.807) is 0 Å². The average molecular weight is 293 g/mol. The van der Waals surface area contributed by atoms with E-state index in [4.69, 9.17) is 9.47 Å². The maximum Gasteiger partial charge on any atom is 0.310 e. The molecule has 0 spiro atoms. The number of carbonyl (C=O) groups excluding carboxylic acids is 1. The van der Waals surface area contributed by atoms with E-state index in [9.17, 15) is 4.79 Å². The Morgan fingerprint density at radius 2 is 1.86 bits per heavy atom. The molecular weight excluding hydrogens is 266 g/mol. The van der Waals surface area contributed by atoms with Crippen LogP contribution in [-0.4, -0.2) is 43.7 Å². The first-order valence-electron chi connectivity index (χ1n) is 7.49. The smallest absolute Gasteiger partial charge is 0.310 e. The normalized spacial score (nSPS) is 12.7. The lowest BCUT2D eigenvalue weighted by Gasteiger charge is -2.21. The number of benzene rings is 1. The predicted octanol–water partition coefficient (Wildman–Crippen LogP) is 2.72. The van der Waals surface area contributed by atoms with Crippen molar-refractivity contribution in [3.63, 3.8) is 0 Å². The van der Waals surface area contributed by atoms with E-state index in [2.05, 4.69) is 4.90 Å². The highest BCUT2D eigenvalue weighted by Gasteiger charge is 2.16. The summed E-state index contributed by atoms with van der Waals surface area (Å²) >= 11 is 0. The van der Waals surface area contributed by atoms with Gasteiger partial charge in [0.15, 0.2) is 0 Å². The van der Waals surface area contributed by atoms with Crippen molar-refractivity contribution in [2.45, 2.75) is 33.5 Å². The molecule has 0 heterocycles. The highest BCUT2D eigenvalue weighted by molar-refractivity contribution is 5.72. The molecule has 118 valence electrons. The molecule has 0 saturated carbocycles. The van der Waals surface area contributed by atoms with Crippen LogP contribution in [0.4, 0.5) is 0 Å². The maximum absolute atomic E-state index is 12.0. The third-order valence-electron chi connectivity index (χ3n) is 3.14. The van der Waals surface area contributed by atoms with Crippen LogP contribution in [0.15, 0.2) is 30.3 Å². The number of hydrogen-bond donors (Lipinski definition) is 0. The molecule has 1 rings (SSSR count). The van der Waals surface area contributed by atoms with E-state index in [1.807, 2.05) is 58.2 Å². The Morgan fingerprint density at radius 3 is 2.48 bits per heavy atom. The zero-order chi connectivity index (χ0) is 15.7. The molecule has 0 fully saturated rings. The molecule has 0 aliphatic heterocycles. The molecule has 0 N–H and O–H groups in total. The number of nitrogens with zero attached hydrogens (tertiary/aromatic N) is 1. The first kappa shape index (κ1) is 17.7. The van der Waals surface area contributed by atoms with E-state index in [-0.39, 0.29) is 18.0 Å².